The summed E-state index contributed by atoms with van der Waals surface area (Å²) in [5, 5.41) is 12.6. The lowest BCUT2D eigenvalue weighted by molar-refractivity contribution is 0.442. The van der Waals surface area contributed by atoms with Crippen LogP contribution in [0.1, 0.15) is 25.0 Å². The first-order valence-corrected chi connectivity index (χ1v) is 4.17. The second-order valence-electron chi connectivity index (χ2n) is 3.82. The lowest BCUT2D eigenvalue weighted by Gasteiger charge is -2.19. The molecule has 0 spiro atoms. The third kappa shape index (κ3) is 0.994. The summed E-state index contributed by atoms with van der Waals surface area (Å²) in [5.74, 6) is 0.355. The summed E-state index contributed by atoms with van der Waals surface area (Å²) in [6.45, 7) is 5.16. The fourth-order valence-electron chi connectivity index (χ4n) is 1.75. The highest BCUT2D eigenvalue weighted by molar-refractivity contribution is 5.41. The summed E-state index contributed by atoms with van der Waals surface area (Å²) in [6.07, 6.45) is 0. The third-order valence-corrected chi connectivity index (χ3v) is 2.48. The summed E-state index contributed by atoms with van der Waals surface area (Å²) in [5.41, 5.74) is 2.56. The number of phenols is 1. The van der Waals surface area contributed by atoms with E-state index in [1.165, 1.54) is 11.1 Å². The Kier molecular flexibility index (Phi) is 1.42. The van der Waals surface area contributed by atoms with Crippen LogP contribution in [0.15, 0.2) is 18.2 Å². The van der Waals surface area contributed by atoms with Crippen LogP contribution in [0.2, 0.25) is 0 Å². The van der Waals surface area contributed by atoms with Crippen molar-refractivity contribution in [2.24, 2.45) is 0 Å². The number of benzene rings is 1. The molecular formula is C10H13NO. The maximum absolute atomic E-state index is 9.24. The summed E-state index contributed by atoms with van der Waals surface area (Å²) in [6, 6.07) is 5.56. The molecule has 2 nitrogen and oxygen atoms in total. The average Bonchev–Trinajstić information content (AvgIpc) is 2.27. The molecule has 2 N–H and O–H groups in total. The first-order chi connectivity index (χ1) is 5.59. The number of hydrogen-bond donors (Lipinski definition) is 2. The van der Waals surface area contributed by atoms with Gasteiger partial charge in [-0.3, -0.25) is 0 Å². The van der Waals surface area contributed by atoms with Gasteiger partial charge in [-0.05, 0) is 37.1 Å². The monoisotopic (exact) mass is 163 g/mol. The van der Waals surface area contributed by atoms with Crippen molar-refractivity contribution in [1.29, 1.82) is 0 Å². The van der Waals surface area contributed by atoms with Gasteiger partial charge in [0, 0.05) is 12.1 Å². The van der Waals surface area contributed by atoms with E-state index < -0.39 is 0 Å². The highest BCUT2D eigenvalue weighted by Gasteiger charge is 2.28. The zero-order valence-corrected chi connectivity index (χ0v) is 7.39. The Morgan fingerprint density at radius 3 is 2.92 bits per heavy atom. The van der Waals surface area contributed by atoms with E-state index in [2.05, 4.69) is 19.2 Å². The van der Waals surface area contributed by atoms with Gasteiger partial charge in [-0.2, -0.15) is 0 Å². The minimum atomic E-state index is 0.0586. The highest BCUT2D eigenvalue weighted by atomic mass is 16.3. The zero-order chi connectivity index (χ0) is 8.77. The molecule has 1 aliphatic heterocycles. The van der Waals surface area contributed by atoms with Crippen LogP contribution < -0.4 is 5.32 Å². The normalized spacial score (nSPS) is 19.2. The number of aromatic hydroxyl groups is 1. The third-order valence-electron chi connectivity index (χ3n) is 2.48. The van der Waals surface area contributed by atoms with Gasteiger partial charge in [0.2, 0.25) is 0 Å². The molecule has 0 bridgehead atoms. The van der Waals surface area contributed by atoms with Gasteiger partial charge in [0.25, 0.3) is 0 Å². The van der Waals surface area contributed by atoms with E-state index in [4.69, 9.17) is 0 Å². The fourth-order valence-corrected chi connectivity index (χ4v) is 1.75. The number of hydrogen-bond acceptors (Lipinski definition) is 2. The second kappa shape index (κ2) is 2.23. The van der Waals surface area contributed by atoms with E-state index in [9.17, 15) is 5.11 Å². The molecule has 0 saturated heterocycles. The van der Waals surface area contributed by atoms with Crippen molar-refractivity contribution < 1.29 is 5.11 Å². The van der Waals surface area contributed by atoms with Gasteiger partial charge in [-0.25, -0.2) is 0 Å². The molecule has 2 rings (SSSR count). The molecule has 64 valence electrons. The van der Waals surface area contributed by atoms with Gasteiger partial charge < -0.3 is 10.4 Å². The van der Waals surface area contributed by atoms with Crippen molar-refractivity contribution in [3.8, 4) is 5.75 Å². The van der Waals surface area contributed by atoms with Gasteiger partial charge in [0.1, 0.15) is 5.75 Å². The molecule has 1 aliphatic rings. The summed E-state index contributed by atoms with van der Waals surface area (Å²) >= 11 is 0. The van der Waals surface area contributed by atoms with Crippen LogP contribution in [-0.4, -0.2) is 5.11 Å². The maximum atomic E-state index is 9.24. The van der Waals surface area contributed by atoms with Crippen molar-refractivity contribution in [2.75, 3.05) is 0 Å². The predicted molar refractivity (Wildman–Crippen MR) is 48.0 cm³/mol. The number of fused-ring (bicyclic) bond motifs is 1. The Bertz CT molecular complexity index is 318. The van der Waals surface area contributed by atoms with Crippen LogP contribution in [0, 0.1) is 0 Å². The van der Waals surface area contributed by atoms with Gasteiger partial charge >= 0.3 is 0 Å². The van der Waals surface area contributed by atoms with Gasteiger partial charge in [-0.1, -0.05) is 6.07 Å². The maximum Gasteiger partial charge on any atom is 0.115 e. The lowest BCUT2D eigenvalue weighted by atomic mass is 9.95. The Hall–Kier alpha value is -1.02. The molecule has 0 fully saturated rings. The Labute approximate surface area is 72.2 Å². The standard InChI is InChI=1S/C10H13NO/c1-10(2)9-4-3-8(12)5-7(9)6-11-10/h3-5,11-12H,6H2,1-2H3. The van der Waals surface area contributed by atoms with E-state index >= 15 is 0 Å². The van der Waals surface area contributed by atoms with Gasteiger partial charge in [0.05, 0.1) is 0 Å². The summed E-state index contributed by atoms with van der Waals surface area (Å²) < 4.78 is 0. The van der Waals surface area contributed by atoms with Gasteiger partial charge in [0.15, 0.2) is 0 Å². The molecule has 0 saturated carbocycles. The first kappa shape index (κ1) is 7.62. The number of rotatable bonds is 0. The molecule has 12 heavy (non-hydrogen) atoms. The minimum Gasteiger partial charge on any atom is -0.508 e. The van der Waals surface area contributed by atoms with Crippen LogP contribution >= 0.6 is 0 Å². The van der Waals surface area contributed by atoms with Crippen molar-refractivity contribution in [3.05, 3.63) is 29.3 Å². The van der Waals surface area contributed by atoms with Gasteiger partial charge in [-0.15, -0.1) is 0 Å². The van der Waals surface area contributed by atoms with Crippen LogP contribution in [-0.2, 0) is 12.1 Å². The van der Waals surface area contributed by atoms with Crippen molar-refractivity contribution in [2.45, 2.75) is 25.9 Å². The Morgan fingerprint density at radius 1 is 1.42 bits per heavy atom. The van der Waals surface area contributed by atoms with E-state index in [-0.39, 0.29) is 5.54 Å². The highest BCUT2D eigenvalue weighted by Crippen LogP contribution is 2.32. The molecule has 0 aliphatic carbocycles. The van der Waals surface area contributed by atoms with Crippen LogP contribution in [0.25, 0.3) is 0 Å². The van der Waals surface area contributed by atoms with E-state index in [0.717, 1.165) is 6.54 Å². The number of phenolic OH excluding ortho intramolecular Hbond substituents is 1. The van der Waals surface area contributed by atoms with Crippen molar-refractivity contribution in [3.63, 3.8) is 0 Å². The fraction of sp³-hybridized carbons (Fsp3) is 0.400. The molecule has 1 aromatic carbocycles. The smallest absolute Gasteiger partial charge is 0.115 e. The molecule has 0 atom stereocenters. The summed E-state index contributed by atoms with van der Waals surface area (Å²) in [7, 11) is 0. The summed E-state index contributed by atoms with van der Waals surface area (Å²) in [4.78, 5) is 0. The predicted octanol–water partition coefficient (Wildman–Crippen LogP) is 1.73. The molecule has 0 amide bonds. The molecule has 0 aromatic heterocycles. The van der Waals surface area contributed by atoms with Crippen molar-refractivity contribution >= 4 is 0 Å². The molecule has 0 radical (unpaired) electrons. The van der Waals surface area contributed by atoms with E-state index in [0.29, 0.717) is 5.75 Å². The molecule has 1 aromatic rings. The van der Waals surface area contributed by atoms with Crippen molar-refractivity contribution in [1.82, 2.24) is 5.32 Å². The lowest BCUT2D eigenvalue weighted by Crippen LogP contribution is -2.28. The SMILES string of the molecule is CC1(C)NCc2cc(O)ccc21. The molecule has 2 heteroatoms. The van der Waals surface area contributed by atoms with Crippen LogP contribution in [0.4, 0.5) is 0 Å². The second-order valence-corrected chi connectivity index (χ2v) is 3.82. The number of nitrogens with one attached hydrogen (secondary N) is 1. The average molecular weight is 163 g/mol. The quantitative estimate of drug-likeness (QED) is 0.610. The van der Waals surface area contributed by atoms with Crippen LogP contribution in [0.3, 0.4) is 0 Å². The minimum absolute atomic E-state index is 0.0586. The Balaban J connectivity index is 2.55. The molecule has 0 unspecified atom stereocenters. The first-order valence-electron chi connectivity index (χ1n) is 4.17. The van der Waals surface area contributed by atoms with E-state index in [1.807, 2.05) is 12.1 Å². The van der Waals surface area contributed by atoms with E-state index in [1.54, 1.807) is 6.07 Å². The Morgan fingerprint density at radius 2 is 2.17 bits per heavy atom. The largest absolute Gasteiger partial charge is 0.508 e. The topological polar surface area (TPSA) is 32.3 Å². The molecule has 1 heterocycles. The molecular weight excluding hydrogens is 150 g/mol. The van der Waals surface area contributed by atoms with Crippen LogP contribution in [0.5, 0.6) is 5.75 Å². The zero-order valence-electron chi connectivity index (χ0n) is 7.39.